The van der Waals surface area contributed by atoms with E-state index < -0.39 is 0 Å². The van der Waals surface area contributed by atoms with Crippen molar-refractivity contribution < 1.29 is 0 Å². The van der Waals surface area contributed by atoms with Crippen LogP contribution in [-0.4, -0.2) is 0 Å². The minimum absolute atomic E-state index is 0.742. The van der Waals surface area contributed by atoms with Gasteiger partial charge in [0.15, 0.2) is 0 Å². The first-order valence-electron chi connectivity index (χ1n) is 6.49. The first-order valence-corrected chi connectivity index (χ1v) is 6.49. The molecule has 86 valence electrons. The van der Waals surface area contributed by atoms with Crippen LogP contribution in [0.2, 0.25) is 0 Å². The third kappa shape index (κ3) is 2.07. The molecule has 2 rings (SSSR count). The summed E-state index contributed by atoms with van der Waals surface area (Å²) in [4.78, 5) is 0. The molecule has 3 atom stereocenters. The predicted octanol–water partition coefficient (Wildman–Crippen LogP) is 4.77. The van der Waals surface area contributed by atoms with Crippen LogP contribution < -0.4 is 0 Å². The van der Waals surface area contributed by atoms with E-state index in [1.54, 1.807) is 5.57 Å². The molecule has 0 saturated carbocycles. The Balaban J connectivity index is 2.33. The van der Waals surface area contributed by atoms with Gasteiger partial charge < -0.3 is 0 Å². The maximum Gasteiger partial charge on any atom is -0.0133 e. The van der Waals surface area contributed by atoms with Gasteiger partial charge in [-0.1, -0.05) is 57.2 Å². The second kappa shape index (κ2) is 4.86. The van der Waals surface area contributed by atoms with Crippen molar-refractivity contribution in [2.45, 2.75) is 33.6 Å². The lowest BCUT2D eigenvalue weighted by Crippen LogP contribution is -2.23. The molecule has 3 unspecified atom stereocenters. The van der Waals surface area contributed by atoms with E-state index in [0.717, 1.165) is 17.8 Å². The molecular formula is C16H22. The molecule has 0 fully saturated rings. The van der Waals surface area contributed by atoms with E-state index >= 15 is 0 Å². The minimum Gasteiger partial charge on any atom is -0.0802 e. The van der Waals surface area contributed by atoms with Crippen LogP contribution in [-0.2, 0) is 0 Å². The molecule has 1 aromatic carbocycles. The van der Waals surface area contributed by atoms with Gasteiger partial charge in [0.05, 0.1) is 0 Å². The van der Waals surface area contributed by atoms with Gasteiger partial charge in [0.25, 0.3) is 0 Å². The molecule has 0 bridgehead atoms. The standard InChI is InChI=1S/C16H22/c1-4-15-13(3)12(2)10-11-16(15)14-8-6-5-7-9-14/h5-9,11-13,15H,4,10H2,1-3H3. The van der Waals surface area contributed by atoms with Crippen LogP contribution in [0.4, 0.5) is 0 Å². The average molecular weight is 214 g/mol. The molecule has 0 nitrogen and oxygen atoms in total. The summed E-state index contributed by atoms with van der Waals surface area (Å²) in [6.07, 6.45) is 4.96. The molecular weight excluding hydrogens is 192 g/mol. The summed E-state index contributed by atoms with van der Waals surface area (Å²) in [6, 6.07) is 10.9. The lowest BCUT2D eigenvalue weighted by Gasteiger charge is -2.34. The zero-order valence-corrected chi connectivity index (χ0v) is 10.6. The second-order valence-electron chi connectivity index (χ2n) is 5.11. The summed E-state index contributed by atoms with van der Waals surface area (Å²) >= 11 is 0. The molecule has 0 amide bonds. The smallest absolute Gasteiger partial charge is 0.0133 e. The van der Waals surface area contributed by atoms with Crippen molar-refractivity contribution in [3.8, 4) is 0 Å². The molecule has 1 aromatic rings. The van der Waals surface area contributed by atoms with E-state index in [1.165, 1.54) is 18.4 Å². The first-order chi connectivity index (χ1) is 7.74. The Labute approximate surface area is 99.4 Å². The Morgan fingerprint density at radius 2 is 1.81 bits per heavy atom. The Hall–Kier alpha value is -1.04. The van der Waals surface area contributed by atoms with Crippen LogP contribution in [0.15, 0.2) is 36.4 Å². The van der Waals surface area contributed by atoms with Gasteiger partial charge in [0, 0.05) is 0 Å². The molecule has 0 spiro atoms. The van der Waals surface area contributed by atoms with Crippen molar-refractivity contribution in [2.24, 2.45) is 17.8 Å². The third-order valence-corrected chi connectivity index (χ3v) is 4.19. The largest absolute Gasteiger partial charge is 0.0802 e. The molecule has 1 aliphatic carbocycles. The molecule has 1 aliphatic rings. The highest BCUT2D eigenvalue weighted by Crippen LogP contribution is 2.41. The van der Waals surface area contributed by atoms with Gasteiger partial charge in [-0.3, -0.25) is 0 Å². The average Bonchev–Trinajstić information content (AvgIpc) is 2.33. The SMILES string of the molecule is CCC1C(c2ccccc2)=CCC(C)C1C. The Morgan fingerprint density at radius 1 is 1.12 bits per heavy atom. The normalized spacial score (nSPS) is 29.9. The summed E-state index contributed by atoms with van der Waals surface area (Å²) in [6.45, 7) is 7.11. The van der Waals surface area contributed by atoms with Crippen molar-refractivity contribution in [1.82, 2.24) is 0 Å². The number of hydrogen-bond acceptors (Lipinski definition) is 0. The van der Waals surface area contributed by atoms with Crippen molar-refractivity contribution in [3.63, 3.8) is 0 Å². The Kier molecular flexibility index (Phi) is 3.48. The first kappa shape index (κ1) is 11.4. The fraction of sp³-hybridized carbons (Fsp3) is 0.500. The summed E-state index contributed by atoms with van der Waals surface area (Å²) in [5.74, 6) is 2.38. The fourth-order valence-electron chi connectivity index (χ4n) is 2.91. The van der Waals surface area contributed by atoms with E-state index in [4.69, 9.17) is 0 Å². The summed E-state index contributed by atoms with van der Waals surface area (Å²) in [5.41, 5.74) is 3.00. The van der Waals surface area contributed by atoms with Crippen molar-refractivity contribution >= 4 is 5.57 Å². The molecule has 0 heterocycles. The van der Waals surface area contributed by atoms with E-state index in [2.05, 4.69) is 57.2 Å². The summed E-state index contributed by atoms with van der Waals surface area (Å²) in [7, 11) is 0. The fourth-order valence-corrected chi connectivity index (χ4v) is 2.91. The van der Waals surface area contributed by atoms with Crippen molar-refractivity contribution in [1.29, 1.82) is 0 Å². The van der Waals surface area contributed by atoms with E-state index in [9.17, 15) is 0 Å². The van der Waals surface area contributed by atoms with Gasteiger partial charge in [0.1, 0.15) is 0 Å². The van der Waals surface area contributed by atoms with Crippen LogP contribution in [0, 0.1) is 17.8 Å². The maximum atomic E-state index is 2.47. The number of allylic oxidation sites excluding steroid dienone is 2. The topological polar surface area (TPSA) is 0 Å². The quantitative estimate of drug-likeness (QED) is 0.665. The molecule has 0 aromatic heterocycles. The summed E-state index contributed by atoms with van der Waals surface area (Å²) < 4.78 is 0. The number of rotatable bonds is 2. The van der Waals surface area contributed by atoms with E-state index in [-0.39, 0.29) is 0 Å². The summed E-state index contributed by atoms with van der Waals surface area (Å²) in [5, 5.41) is 0. The van der Waals surface area contributed by atoms with Crippen LogP contribution in [0.1, 0.15) is 39.2 Å². The van der Waals surface area contributed by atoms with Crippen molar-refractivity contribution in [2.75, 3.05) is 0 Å². The zero-order valence-electron chi connectivity index (χ0n) is 10.6. The van der Waals surface area contributed by atoms with Gasteiger partial charge >= 0.3 is 0 Å². The highest BCUT2D eigenvalue weighted by Gasteiger charge is 2.28. The predicted molar refractivity (Wildman–Crippen MR) is 71.1 cm³/mol. The van der Waals surface area contributed by atoms with Gasteiger partial charge in [-0.25, -0.2) is 0 Å². The van der Waals surface area contributed by atoms with Crippen molar-refractivity contribution in [3.05, 3.63) is 42.0 Å². The minimum atomic E-state index is 0.742. The third-order valence-electron chi connectivity index (χ3n) is 4.19. The molecule has 0 N–H and O–H groups in total. The lowest BCUT2D eigenvalue weighted by molar-refractivity contribution is 0.293. The second-order valence-corrected chi connectivity index (χ2v) is 5.11. The van der Waals surface area contributed by atoms with Gasteiger partial charge in [-0.05, 0) is 41.7 Å². The molecule has 0 heteroatoms. The lowest BCUT2D eigenvalue weighted by atomic mass is 9.71. The van der Waals surface area contributed by atoms with E-state index in [1.807, 2.05) is 0 Å². The van der Waals surface area contributed by atoms with Gasteiger partial charge in [0.2, 0.25) is 0 Å². The van der Waals surface area contributed by atoms with Crippen LogP contribution in [0.5, 0.6) is 0 Å². The van der Waals surface area contributed by atoms with Crippen LogP contribution >= 0.6 is 0 Å². The molecule has 0 radical (unpaired) electrons. The van der Waals surface area contributed by atoms with Gasteiger partial charge in [-0.15, -0.1) is 0 Å². The molecule has 0 saturated heterocycles. The van der Waals surface area contributed by atoms with E-state index in [0.29, 0.717) is 0 Å². The number of hydrogen-bond donors (Lipinski definition) is 0. The monoisotopic (exact) mass is 214 g/mol. The Morgan fingerprint density at radius 3 is 2.44 bits per heavy atom. The Bertz CT molecular complexity index is 361. The van der Waals surface area contributed by atoms with Gasteiger partial charge in [-0.2, -0.15) is 0 Å². The maximum absolute atomic E-state index is 2.47. The highest BCUT2D eigenvalue weighted by molar-refractivity contribution is 5.68. The van der Waals surface area contributed by atoms with Crippen LogP contribution in [0.3, 0.4) is 0 Å². The molecule has 16 heavy (non-hydrogen) atoms. The zero-order chi connectivity index (χ0) is 11.5. The molecule has 0 aliphatic heterocycles. The van der Waals surface area contributed by atoms with Crippen LogP contribution in [0.25, 0.3) is 5.57 Å². The number of benzene rings is 1. The highest BCUT2D eigenvalue weighted by atomic mass is 14.3.